The lowest BCUT2D eigenvalue weighted by Gasteiger charge is -2.28. The van der Waals surface area contributed by atoms with Gasteiger partial charge in [-0.15, -0.1) is 0 Å². The van der Waals surface area contributed by atoms with Crippen LogP contribution in [0.15, 0.2) is 18.2 Å². The fourth-order valence-corrected chi connectivity index (χ4v) is 2.11. The van der Waals surface area contributed by atoms with Crippen molar-refractivity contribution in [2.45, 2.75) is 19.4 Å². The molecule has 0 bridgehead atoms. The van der Waals surface area contributed by atoms with Crippen LogP contribution in [0.3, 0.4) is 0 Å². The van der Waals surface area contributed by atoms with Gasteiger partial charge < -0.3 is 10.2 Å². The van der Waals surface area contributed by atoms with Crippen molar-refractivity contribution in [1.29, 1.82) is 0 Å². The zero-order chi connectivity index (χ0) is 11.5. The van der Waals surface area contributed by atoms with E-state index in [0.29, 0.717) is 19.4 Å². The summed E-state index contributed by atoms with van der Waals surface area (Å²) in [7, 11) is 1.78. The average molecular weight is 218 g/mol. The van der Waals surface area contributed by atoms with Crippen molar-refractivity contribution < 1.29 is 9.59 Å². The molecule has 1 aliphatic rings. The van der Waals surface area contributed by atoms with Crippen molar-refractivity contribution in [3.63, 3.8) is 0 Å². The summed E-state index contributed by atoms with van der Waals surface area (Å²) in [6, 6.07) is 5.93. The molecule has 0 spiro atoms. The van der Waals surface area contributed by atoms with Crippen molar-refractivity contribution >= 4 is 18.0 Å². The summed E-state index contributed by atoms with van der Waals surface area (Å²) >= 11 is 0. The maximum Gasteiger partial charge on any atom is 0.227 e. The molecule has 4 heteroatoms. The summed E-state index contributed by atoms with van der Waals surface area (Å²) in [4.78, 5) is 23.6. The molecule has 0 unspecified atom stereocenters. The number of hydrogen-bond acceptors (Lipinski definition) is 2. The summed E-state index contributed by atoms with van der Waals surface area (Å²) in [6.45, 7) is 0.463. The van der Waals surface area contributed by atoms with E-state index in [-0.39, 0.29) is 5.91 Å². The number of aryl methyl sites for hydroxylation is 1. The van der Waals surface area contributed by atoms with Crippen LogP contribution in [-0.4, -0.2) is 19.4 Å². The Hall–Kier alpha value is -1.84. The van der Waals surface area contributed by atoms with Crippen molar-refractivity contribution in [1.82, 2.24) is 5.32 Å². The largest absolute Gasteiger partial charge is 0.355 e. The van der Waals surface area contributed by atoms with Gasteiger partial charge in [0.2, 0.25) is 12.3 Å². The number of para-hydroxylation sites is 1. The molecular formula is C12H14N2O2. The molecule has 0 aromatic heterocycles. The summed E-state index contributed by atoms with van der Waals surface area (Å²) in [5.74, 6) is 0.131. The van der Waals surface area contributed by atoms with E-state index in [1.807, 2.05) is 18.2 Å². The first kappa shape index (κ1) is 10.7. The Morgan fingerprint density at radius 3 is 3.00 bits per heavy atom. The number of carbonyl (C=O) groups is 2. The standard InChI is InChI=1S/C12H14N2O2/c1-14-11(16)6-5-9-3-2-4-10(12(9)14)7-13-8-15/h2-4,8H,5-7H2,1H3,(H,13,15). The first-order chi connectivity index (χ1) is 7.74. The predicted molar refractivity (Wildman–Crippen MR) is 61.1 cm³/mol. The fourth-order valence-electron chi connectivity index (χ4n) is 2.11. The van der Waals surface area contributed by atoms with Crippen LogP contribution in [0.5, 0.6) is 0 Å². The van der Waals surface area contributed by atoms with Crippen LogP contribution in [0.25, 0.3) is 0 Å². The maximum absolute atomic E-state index is 11.6. The van der Waals surface area contributed by atoms with E-state index in [9.17, 15) is 9.59 Å². The molecular weight excluding hydrogens is 204 g/mol. The summed E-state index contributed by atoms with van der Waals surface area (Å²) in [5.41, 5.74) is 3.11. The van der Waals surface area contributed by atoms with Gasteiger partial charge in [-0.3, -0.25) is 9.59 Å². The minimum absolute atomic E-state index is 0.131. The lowest BCUT2D eigenvalue weighted by Crippen LogP contribution is -2.32. The Kier molecular flexibility index (Phi) is 2.90. The van der Waals surface area contributed by atoms with E-state index in [0.717, 1.165) is 17.7 Å². The van der Waals surface area contributed by atoms with E-state index in [1.54, 1.807) is 11.9 Å². The number of nitrogens with zero attached hydrogens (tertiary/aromatic N) is 1. The van der Waals surface area contributed by atoms with Crippen LogP contribution in [0.2, 0.25) is 0 Å². The number of hydrogen-bond donors (Lipinski definition) is 1. The molecule has 2 rings (SSSR count). The highest BCUT2D eigenvalue weighted by atomic mass is 16.2. The van der Waals surface area contributed by atoms with E-state index >= 15 is 0 Å². The number of fused-ring (bicyclic) bond motifs is 1. The Labute approximate surface area is 94.2 Å². The highest BCUT2D eigenvalue weighted by Gasteiger charge is 2.22. The minimum Gasteiger partial charge on any atom is -0.355 e. The van der Waals surface area contributed by atoms with E-state index < -0.39 is 0 Å². The van der Waals surface area contributed by atoms with E-state index in [4.69, 9.17) is 0 Å². The lowest BCUT2D eigenvalue weighted by atomic mass is 9.97. The SMILES string of the molecule is CN1C(=O)CCc2cccc(CNC=O)c21. The van der Waals surface area contributed by atoms with Crippen LogP contribution in [0, 0.1) is 0 Å². The monoisotopic (exact) mass is 218 g/mol. The van der Waals surface area contributed by atoms with Crippen LogP contribution in [0.4, 0.5) is 5.69 Å². The Morgan fingerprint density at radius 1 is 1.44 bits per heavy atom. The molecule has 0 atom stereocenters. The second kappa shape index (κ2) is 4.35. The third-order valence-electron chi connectivity index (χ3n) is 2.90. The van der Waals surface area contributed by atoms with E-state index in [2.05, 4.69) is 5.32 Å². The van der Waals surface area contributed by atoms with E-state index in [1.165, 1.54) is 5.56 Å². The second-order valence-electron chi connectivity index (χ2n) is 3.88. The van der Waals surface area contributed by atoms with Crippen LogP contribution in [-0.2, 0) is 22.6 Å². The molecule has 16 heavy (non-hydrogen) atoms. The van der Waals surface area contributed by atoms with Gasteiger partial charge >= 0.3 is 0 Å². The molecule has 1 heterocycles. The molecule has 84 valence electrons. The Morgan fingerprint density at radius 2 is 2.25 bits per heavy atom. The minimum atomic E-state index is 0.131. The van der Waals surface area contributed by atoms with Gasteiger partial charge in [-0.2, -0.15) is 0 Å². The Balaban J connectivity index is 2.39. The predicted octanol–water partition coefficient (Wildman–Crippen LogP) is 0.842. The maximum atomic E-state index is 11.6. The summed E-state index contributed by atoms with van der Waals surface area (Å²) in [6.07, 6.45) is 2.02. The van der Waals surface area contributed by atoms with Gasteiger partial charge in [0.1, 0.15) is 0 Å². The van der Waals surface area contributed by atoms with Gasteiger partial charge in [-0.1, -0.05) is 18.2 Å². The van der Waals surface area contributed by atoms with Crippen LogP contribution >= 0.6 is 0 Å². The summed E-state index contributed by atoms with van der Waals surface area (Å²) < 4.78 is 0. The van der Waals surface area contributed by atoms with Gasteiger partial charge in [-0.05, 0) is 17.5 Å². The molecule has 1 aromatic rings. The molecule has 0 saturated carbocycles. The molecule has 1 aliphatic heterocycles. The highest BCUT2D eigenvalue weighted by Crippen LogP contribution is 2.30. The molecule has 0 radical (unpaired) electrons. The van der Waals surface area contributed by atoms with Crippen molar-refractivity contribution in [2.75, 3.05) is 11.9 Å². The number of carbonyl (C=O) groups excluding carboxylic acids is 2. The molecule has 4 nitrogen and oxygen atoms in total. The van der Waals surface area contributed by atoms with Gasteiger partial charge in [-0.25, -0.2) is 0 Å². The highest BCUT2D eigenvalue weighted by molar-refractivity contribution is 5.96. The average Bonchev–Trinajstić information content (AvgIpc) is 2.31. The second-order valence-corrected chi connectivity index (χ2v) is 3.88. The topological polar surface area (TPSA) is 49.4 Å². The molecule has 0 saturated heterocycles. The number of rotatable bonds is 3. The lowest BCUT2D eigenvalue weighted by molar-refractivity contribution is -0.118. The zero-order valence-electron chi connectivity index (χ0n) is 9.19. The molecule has 0 aliphatic carbocycles. The fraction of sp³-hybridized carbons (Fsp3) is 0.333. The third-order valence-corrected chi connectivity index (χ3v) is 2.90. The molecule has 0 fully saturated rings. The van der Waals surface area contributed by atoms with Crippen molar-refractivity contribution in [3.8, 4) is 0 Å². The number of benzene rings is 1. The van der Waals surface area contributed by atoms with Crippen LogP contribution < -0.4 is 10.2 Å². The van der Waals surface area contributed by atoms with Crippen molar-refractivity contribution in [3.05, 3.63) is 29.3 Å². The first-order valence-corrected chi connectivity index (χ1v) is 5.28. The summed E-state index contributed by atoms with van der Waals surface area (Å²) in [5, 5.41) is 2.63. The van der Waals surface area contributed by atoms with Crippen molar-refractivity contribution in [2.24, 2.45) is 0 Å². The normalized spacial score (nSPS) is 14.6. The molecule has 1 N–H and O–H groups in total. The number of nitrogens with one attached hydrogen (secondary N) is 1. The van der Waals surface area contributed by atoms with Crippen LogP contribution in [0.1, 0.15) is 17.5 Å². The zero-order valence-corrected chi connectivity index (χ0v) is 9.19. The van der Waals surface area contributed by atoms with Gasteiger partial charge in [0.05, 0.1) is 5.69 Å². The Bertz CT molecular complexity index is 429. The smallest absolute Gasteiger partial charge is 0.227 e. The van der Waals surface area contributed by atoms with Gasteiger partial charge in [0.15, 0.2) is 0 Å². The molecule has 1 aromatic carbocycles. The van der Waals surface area contributed by atoms with Gasteiger partial charge in [0, 0.05) is 20.0 Å². The first-order valence-electron chi connectivity index (χ1n) is 5.28. The number of amides is 2. The number of anilines is 1. The molecule has 2 amide bonds. The quantitative estimate of drug-likeness (QED) is 0.764. The third kappa shape index (κ3) is 1.78. The van der Waals surface area contributed by atoms with Gasteiger partial charge in [0.25, 0.3) is 0 Å².